The number of rotatable bonds is 2. The Kier molecular flexibility index (Phi) is 3.88. The zero-order valence-electron chi connectivity index (χ0n) is 9.87. The van der Waals surface area contributed by atoms with Gasteiger partial charge in [-0.2, -0.15) is 18.3 Å². The van der Waals surface area contributed by atoms with Crippen molar-refractivity contribution in [1.29, 1.82) is 0 Å². The zero-order chi connectivity index (χ0) is 15.1. The third kappa shape index (κ3) is 2.71. The van der Waals surface area contributed by atoms with Crippen LogP contribution in [-0.4, -0.2) is 20.5 Å². The third-order valence-electron chi connectivity index (χ3n) is 2.41. The second-order valence-corrected chi connectivity index (χ2v) is 5.15. The molecule has 0 aliphatic carbocycles. The number of carbonyl (C=O) groups is 1. The average molecular weight is 369 g/mol. The molecule has 0 aliphatic heterocycles. The van der Waals surface area contributed by atoms with Gasteiger partial charge in [-0.25, -0.2) is 9.67 Å². The maximum Gasteiger partial charge on any atom is 0.434 e. The summed E-state index contributed by atoms with van der Waals surface area (Å²) in [5.74, 6) is -0.938. The van der Waals surface area contributed by atoms with Gasteiger partial charge in [0, 0.05) is 10.7 Å². The summed E-state index contributed by atoms with van der Waals surface area (Å²) in [6, 6.07) is 1.39. The number of carbonyl (C=O) groups excluding carboxylic acids is 1. The summed E-state index contributed by atoms with van der Waals surface area (Å²) in [5.41, 5.74) is -1.72. The minimum Gasteiger partial charge on any atom is -0.294 e. The summed E-state index contributed by atoms with van der Waals surface area (Å²) < 4.78 is 40.4. The average Bonchev–Trinajstić information content (AvgIpc) is 2.73. The molecular weight excluding hydrogens is 362 g/mol. The van der Waals surface area contributed by atoms with Crippen LogP contribution >= 0.6 is 27.5 Å². The Morgan fingerprint density at radius 1 is 1.40 bits per heavy atom. The standard InChI is InChI=1S/C11H6BrClF3N3O/c1-5(20)7-4-18-19(9(7)11(14,15)16)10-8(13)2-6(12)3-17-10/h2-4H,1H3. The van der Waals surface area contributed by atoms with E-state index in [0.29, 0.717) is 9.15 Å². The predicted molar refractivity (Wildman–Crippen MR) is 69.1 cm³/mol. The molecular formula is C11H6BrClF3N3O. The van der Waals surface area contributed by atoms with Gasteiger partial charge < -0.3 is 0 Å². The highest BCUT2D eigenvalue weighted by molar-refractivity contribution is 9.10. The number of halogens is 5. The van der Waals surface area contributed by atoms with Crippen molar-refractivity contribution in [2.75, 3.05) is 0 Å². The van der Waals surface area contributed by atoms with E-state index < -0.39 is 23.2 Å². The first-order chi connectivity index (χ1) is 9.21. The molecule has 2 aromatic heterocycles. The molecule has 106 valence electrons. The summed E-state index contributed by atoms with van der Waals surface area (Å²) in [4.78, 5) is 15.1. The van der Waals surface area contributed by atoms with Crippen LogP contribution in [0.1, 0.15) is 23.0 Å². The number of hydrogen-bond acceptors (Lipinski definition) is 3. The van der Waals surface area contributed by atoms with Gasteiger partial charge in [-0.05, 0) is 28.9 Å². The largest absolute Gasteiger partial charge is 0.434 e. The van der Waals surface area contributed by atoms with Crippen LogP contribution in [0.5, 0.6) is 0 Å². The molecule has 0 amide bonds. The second kappa shape index (κ2) is 5.17. The zero-order valence-corrected chi connectivity index (χ0v) is 12.2. The first-order valence-electron chi connectivity index (χ1n) is 5.19. The minimum absolute atomic E-state index is 0.0249. The smallest absolute Gasteiger partial charge is 0.294 e. The van der Waals surface area contributed by atoms with Gasteiger partial charge in [-0.15, -0.1) is 0 Å². The first kappa shape index (κ1) is 15.0. The van der Waals surface area contributed by atoms with Gasteiger partial charge in [0.1, 0.15) is 0 Å². The highest BCUT2D eigenvalue weighted by Crippen LogP contribution is 2.35. The molecule has 0 aliphatic rings. The Hall–Kier alpha value is -1.41. The van der Waals surface area contributed by atoms with Crippen molar-refractivity contribution in [2.24, 2.45) is 0 Å². The van der Waals surface area contributed by atoms with Crippen LogP contribution in [0.15, 0.2) is 22.9 Å². The molecule has 2 heterocycles. The lowest BCUT2D eigenvalue weighted by Gasteiger charge is -2.12. The van der Waals surface area contributed by atoms with Crippen LogP contribution in [0.3, 0.4) is 0 Å². The van der Waals surface area contributed by atoms with Crippen LogP contribution in [-0.2, 0) is 6.18 Å². The van der Waals surface area contributed by atoms with Crippen molar-refractivity contribution in [2.45, 2.75) is 13.1 Å². The fraction of sp³-hybridized carbons (Fsp3) is 0.182. The van der Waals surface area contributed by atoms with Gasteiger partial charge in [0.15, 0.2) is 17.3 Å². The Labute approximate surface area is 124 Å². The van der Waals surface area contributed by atoms with E-state index in [1.165, 1.54) is 12.3 Å². The molecule has 0 saturated heterocycles. The number of hydrogen-bond donors (Lipinski definition) is 0. The van der Waals surface area contributed by atoms with Crippen molar-refractivity contribution in [1.82, 2.24) is 14.8 Å². The molecule has 0 saturated carbocycles. The Morgan fingerprint density at radius 2 is 2.05 bits per heavy atom. The molecule has 0 N–H and O–H groups in total. The van der Waals surface area contributed by atoms with Gasteiger partial charge in [0.25, 0.3) is 0 Å². The molecule has 0 spiro atoms. The van der Waals surface area contributed by atoms with Crippen molar-refractivity contribution in [3.63, 3.8) is 0 Å². The lowest BCUT2D eigenvalue weighted by Crippen LogP contribution is -2.17. The maximum absolute atomic E-state index is 13.1. The number of ketones is 1. The van der Waals surface area contributed by atoms with E-state index in [9.17, 15) is 18.0 Å². The van der Waals surface area contributed by atoms with E-state index in [1.54, 1.807) is 0 Å². The minimum atomic E-state index is -4.75. The summed E-state index contributed by atoms with van der Waals surface area (Å²) in [7, 11) is 0. The van der Waals surface area contributed by atoms with E-state index >= 15 is 0 Å². The lowest BCUT2D eigenvalue weighted by molar-refractivity contribution is -0.143. The summed E-state index contributed by atoms with van der Waals surface area (Å²) in [6.07, 6.45) is -2.61. The Balaban J connectivity index is 2.72. The molecule has 4 nitrogen and oxygen atoms in total. The van der Waals surface area contributed by atoms with Crippen LogP contribution < -0.4 is 0 Å². The van der Waals surface area contributed by atoms with Crippen molar-refractivity contribution in [3.05, 3.63) is 39.2 Å². The van der Waals surface area contributed by atoms with Crippen molar-refractivity contribution < 1.29 is 18.0 Å². The fourth-order valence-corrected chi connectivity index (χ4v) is 2.31. The molecule has 0 atom stereocenters. The number of aromatic nitrogens is 3. The van der Waals surface area contributed by atoms with Gasteiger partial charge in [0.05, 0.1) is 16.8 Å². The summed E-state index contributed by atoms with van der Waals surface area (Å²) >= 11 is 8.97. The number of nitrogens with zero attached hydrogens (tertiary/aromatic N) is 3. The molecule has 0 aromatic carbocycles. The van der Waals surface area contributed by atoms with Crippen LogP contribution in [0.25, 0.3) is 5.82 Å². The van der Waals surface area contributed by atoms with Crippen molar-refractivity contribution in [3.8, 4) is 5.82 Å². The van der Waals surface area contributed by atoms with Gasteiger partial charge >= 0.3 is 6.18 Å². The van der Waals surface area contributed by atoms with E-state index in [0.717, 1.165) is 13.1 Å². The number of alkyl halides is 3. The van der Waals surface area contributed by atoms with Crippen LogP contribution in [0.4, 0.5) is 13.2 Å². The summed E-state index contributed by atoms with van der Waals surface area (Å²) in [5, 5.41) is 3.55. The molecule has 0 unspecified atom stereocenters. The molecule has 9 heteroatoms. The van der Waals surface area contributed by atoms with E-state index in [2.05, 4.69) is 26.0 Å². The molecule has 0 radical (unpaired) electrons. The quantitative estimate of drug-likeness (QED) is 0.755. The molecule has 20 heavy (non-hydrogen) atoms. The molecule has 2 rings (SSSR count). The van der Waals surface area contributed by atoms with Crippen LogP contribution in [0, 0.1) is 0 Å². The fourth-order valence-electron chi connectivity index (χ4n) is 1.60. The van der Waals surface area contributed by atoms with E-state index in [1.807, 2.05) is 0 Å². The van der Waals surface area contributed by atoms with Gasteiger partial charge in [0.2, 0.25) is 0 Å². The normalized spacial score (nSPS) is 11.7. The summed E-state index contributed by atoms with van der Waals surface area (Å²) in [6.45, 7) is 1.03. The molecule has 0 fully saturated rings. The Bertz CT molecular complexity index is 684. The topological polar surface area (TPSA) is 47.8 Å². The third-order valence-corrected chi connectivity index (χ3v) is 3.12. The SMILES string of the molecule is CC(=O)c1cnn(-c2ncc(Br)cc2Cl)c1C(F)(F)F. The highest BCUT2D eigenvalue weighted by atomic mass is 79.9. The maximum atomic E-state index is 13.1. The van der Waals surface area contributed by atoms with Gasteiger partial charge in [-0.3, -0.25) is 4.79 Å². The molecule has 2 aromatic rings. The number of Topliss-reactive ketones (excluding diaryl/α,β-unsaturated/α-hetero) is 1. The van der Waals surface area contributed by atoms with Crippen molar-refractivity contribution >= 4 is 33.3 Å². The van der Waals surface area contributed by atoms with Crippen LogP contribution in [0.2, 0.25) is 5.02 Å². The van der Waals surface area contributed by atoms with Gasteiger partial charge in [-0.1, -0.05) is 11.6 Å². The van der Waals surface area contributed by atoms with E-state index in [4.69, 9.17) is 11.6 Å². The highest BCUT2D eigenvalue weighted by Gasteiger charge is 2.40. The molecule has 0 bridgehead atoms. The lowest BCUT2D eigenvalue weighted by atomic mass is 10.2. The first-order valence-corrected chi connectivity index (χ1v) is 6.36. The monoisotopic (exact) mass is 367 g/mol. The van der Waals surface area contributed by atoms with E-state index in [-0.39, 0.29) is 10.8 Å². The number of pyridine rings is 1. The predicted octanol–water partition coefficient (Wildman–Crippen LogP) is 3.90. The second-order valence-electron chi connectivity index (χ2n) is 3.83. The Morgan fingerprint density at radius 3 is 2.55 bits per heavy atom.